The van der Waals surface area contributed by atoms with Crippen molar-refractivity contribution < 1.29 is 9.53 Å². The summed E-state index contributed by atoms with van der Waals surface area (Å²) >= 11 is 1.48. The summed E-state index contributed by atoms with van der Waals surface area (Å²) in [7, 11) is 0. The van der Waals surface area contributed by atoms with E-state index in [1.165, 1.54) is 11.3 Å². The second kappa shape index (κ2) is 6.29. The molecule has 1 aliphatic heterocycles. The number of carbonyl (C=O) groups excluding carboxylic acids is 1. The Morgan fingerprint density at radius 1 is 1.61 bits per heavy atom. The van der Waals surface area contributed by atoms with Crippen LogP contribution in [0.1, 0.15) is 40.1 Å². The number of nitrogens with zero attached hydrogens (tertiary/aromatic N) is 1. The highest BCUT2D eigenvalue weighted by atomic mass is 32.1. The average molecular weight is 268 g/mol. The molecule has 1 aromatic rings. The molecule has 5 heteroatoms. The molecule has 1 aliphatic rings. The minimum Gasteiger partial charge on any atom is -0.381 e. The van der Waals surface area contributed by atoms with Crippen molar-refractivity contribution in [1.29, 1.82) is 0 Å². The van der Waals surface area contributed by atoms with Crippen LogP contribution in [0, 0.1) is 12.8 Å². The first kappa shape index (κ1) is 13.5. The fourth-order valence-corrected chi connectivity index (χ4v) is 3.09. The zero-order valence-corrected chi connectivity index (χ0v) is 11.8. The lowest BCUT2D eigenvalue weighted by molar-refractivity contribution is 0.0953. The van der Waals surface area contributed by atoms with Crippen LogP contribution >= 0.6 is 11.3 Å². The lowest BCUT2D eigenvalue weighted by Crippen LogP contribution is -2.26. The van der Waals surface area contributed by atoms with E-state index in [1.807, 2.05) is 13.8 Å². The van der Waals surface area contributed by atoms with Gasteiger partial charge < -0.3 is 10.1 Å². The normalized spacial score (nSPS) is 19.1. The molecule has 2 rings (SSSR count). The van der Waals surface area contributed by atoms with Crippen molar-refractivity contribution in [3.05, 3.63) is 15.6 Å². The van der Waals surface area contributed by atoms with Crippen molar-refractivity contribution >= 4 is 17.2 Å². The Kier molecular flexibility index (Phi) is 4.72. The molecule has 1 N–H and O–H groups in total. The molecular weight excluding hydrogens is 248 g/mol. The number of hydrogen-bond donors (Lipinski definition) is 1. The van der Waals surface area contributed by atoms with Gasteiger partial charge in [0, 0.05) is 19.8 Å². The predicted molar refractivity (Wildman–Crippen MR) is 72.1 cm³/mol. The van der Waals surface area contributed by atoms with Gasteiger partial charge in [0.05, 0.1) is 10.7 Å². The summed E-state index contributed by atoms with van der Waals surface area (Å²) in [5.41, 5.74) is 0.916. The summed E-state index contributed by atoms with van der Waals surface area (Å²) in [5.74, 6) is 0.635. The Labute approximate surface area is 112 Å². The SMILES string of the molecule is CCc1nc(C)sc1C(=O)NCC[C@H]1CCOC1. The molecule has 4 nitrogen and oxygen atoms in total. The Hall–Kier alpha value is -0.940. The maximum atomic E-state index is 12.0. The first-order valence-corrected chi connectivity index (χ1v) is 7.34. The zero-order valence-electron chi connectivity index (χ0n) is 11.0. The van der Waals surface area contributed by atoms with Crippen LogP contribution in [0.5, 0.6) is 0 Å². The number of aromatic nitrogens is 1. The number of nitrogens with one attached hydrogen (secondary N) is 1. The van der Waals surface area contributed by atoms with Crippen LogP contribution in [-0.2, 0) is 11.2 Å². The summed E-state index contributed by atoms with van der Waals surface area (Å²) in [6, 6.07) is 0. The van der Waals surface area contributed by atoms with Gasteiger partial charge in [0.1, 0.15) is 4.88 Å². The lowest BCUT2D eigenvalue weighted by Gasteiger charge is -2.08. The Balaban J connectivity index is 1.83. The average Bonchev–Trinajstić information content (AvgIpc) is 2.98. The summed E-state index contributed by atoms with van der Waals surface area (Å²) in [6.07, 6.45) is 2.93. The number of ether oxygens (including phenoxy) is 1. The van der Waals surface area contributed by atoms with Crippen LogP contribution in [-0.4, -0.2) is 30.6 Å². The van der Waals surface area contributed by atoms with Crippen LogP contribution in [0.3, 0.4) is 0 Å². The highest BCUT2D eigenvalue weighted by Gasteiger charge is 2.18. The van der Waals surface area contributed by atoms with E-state index < -0.39 is 0 Å². The largest absolute Gasteiger partial charge is 0.381 e. The molecule has 0 aliphatic carbocycles. The highest BCUT2D eigenvalue weighted by Crippen LogP contribution is 2.19. The molecule has 1 saturated heterocycles. The van der Waals surface area contributed by atoms with Gasteiger partial charge in [-0.15, -0.1) is 11.3 Å². The van der Waals surface area contributed by atoms with Gasteiger partial charge in [-0.3, -0.25) is 4.79 Å². The quantitative estimate of drug-likeness (QED) is 0.890. The predicted octanol–water partition coefficient (Wildman–Crippen LogP) is 2.17. The molecule has 1 fully saturated rings. The fraction of sp³-hybridized carbons (Fsp3) is 0.692. The van der Waals surface area contributed by atoms with Crippen molar-refractivity contribution in [2.24, 2.45) is 5.92 Å². The molecule has 0 radical (unpaired) electrons. The molecule has 18 heavy (non-hydrogen) atoms. The first-order chi connectivity index (χ1) is 8.70. The Morgan fingerprint density at radius 3 is 3.11 bits per heavy atom. The molecule has 0 unspecified atom stereocenters. The highest BCUT2D eigenvalue weighted by molar-refractivity contribution is 7.13. The van der Waals surface area contributed by atoms with Crippen LogP contribution in [0.15, 0.2) is 0 Å². The molecular formula is C13H20N2O2S. The van der Waals surface area contributed by atoms with Gasteiger partial charge >= 0.3 is 0 Å². The van der Waals surface area contributed by atoms with Crippen LogP contribution in [0.2, 0.25) is 0 Å². The van der Waals surface area contributed by atoms with E-state index >= 15 is 0 Å². The van der Waals surface area contributed by atoms with Crippen molar-refractivity contribution in [3.8, 4) is 0 Å². The number of aryl methyl sites for hydroxylation is 2. The number of amides is 1. The molecule has 0 aromatic carbocycles. The monoisotopic (exact) mass is 268 g/mol. The third-order valence-corrected chi connectivity index (χ3v) is 4.22. The van der Waals surface area contributed by atoms with E-state index in [4.69, 9.17) is 4.74 Å². The molecule has 1 amide bonds. The summed E-state index contributed by atoms with van der Waals surface area (Å²) in [4.78, 5) is 17.2. The van der Waals surface area contributed by atoms with Crippen molar-refractivity contribution in [2.75, 3.05) is 19.8 Å². The molecule has 1 atom stereocenters. The van der Waals surface area contributed by atoms with Gasteiger partial charge in [-0.2, -0.15) is 0 Å². The van der Waals surface area contributed by atoms with E-state index in [-0.39, 0.29) is 5.91 Å². The zero-order chi connectivity index (χ0) is 13.0. The van der Waals surface area contributed by atoms with E-state index in [1.54, 1.807) is 0 Å². The van der Waals surface area contributed by atoms with Gasteiger partial charge in [0.15, 0.2) is 0 Å². The summed E-state index contributed by atoms with van der Waals surface area (Å²) in [5, 5.41) is 3.95. The number of thiazole rings is 1. The lowest BCUT2D eigenvalue weighted by atomic mass is 10.1. The van der Waals surface area contributed by atoms with Crippen molar-refractivity contribution in [2.45, 2.75) is 33.1 Å². The standard InChI is InChI=1S/C13H20N2O2S/c1-3-11-12(18-9(2)15-11)13(16)14-6-4-10-5-7-17-8-10/h10H,3-8H2,1-2H3,(H,14,16)/t10-/m0/s1. The second-order valence-electron chi connectivity index (χ2n) is 4.64. The first-order valence-electron chi connectivity index (χ1n) is 6.53. The van der Waals surface area contributed by atoms with Crippen LogP contribution < -0.4 is 5.32 Å². The maximum absolute atomic E-state index is 12.0. The number of hydrogen-bond acceptors (Lipinski definition) is 4. The molecule has 0 spiro atoms. The number of rotatable bonds is 5. The van der Waals surface area contributed by atoms with Crippen LogP contribution in [0.25, 0.3) is 0 Å². The van der Waals surface area contributed by atoms with E-state index in [0.717, 1.165) is 54.6 Å². The van der Waals surface area contributed by atoms with Gasteiger partial charge in [0.25, 0.3) is 5.91 Å². The maximum Gasteiger partial charge on any atom is 0.263 e. The Bertz CT molecular complexity index is 411. The molecule has 0 bridgehead atoms. The van der Waals surface area contributed by atoms with Gasteiger partial charge in [-0.05, 0) is 32.1 Å². The minimum atomic E-state index is 0.0244. The van der Waals surface area contributed by atoms with Gasteiger partial charge in [-0.25, -0.2) is 4.98 Å². The molecule has 2 heterocycles. The van der Waals surface area contributed by atoms with E-state index in [9.17, 15) is 4.79 Å². The number of carbonyl (C=O) groups is 1. The molecule has 0 saturated carbocycles. The van der Waals surface area contributed by atoms with E-state index in [2.05, 4.69) is 10.3 Å². The second-order valence-corrected chi connectivity index (χ2v) is 5.84. The van der Waals surface area contributed by atoms with Gasteiger partial charge in [0.2, 0.25) is 0 Å². The summed E-state index contributed by atoms with van der Waals surface area (Å²) < 4.78 is 5.32. The third kappa shape index (κ3) is 3.29. The fourth-order valence-electron chi connectivity index (χ4n) is 2.17. The Morgan fingerprint density at radius 2 is 2.44 bits per heavy atom. The van der Waals surface area contributed by atoms with Crippen molar-refractivity contribution in [3.63, 3.8) is 0 Å². The molecule has 100 valence electrons. The topological polar surface area (TPSA) is 51.2 Å². The van der Waals surface area contributed by atoms with Crippen molar-refractivity contribution in [1.82, 2.24) is 10.3 Å². The molecule has 1 aromatic heterocycles. The third-order valence-electron chi connectivity index (χ3n) is 3.21. The summed E-state index contributed by atoms with van der Waals surface area (Å²) in [6.45, 7) is 6.41. The van der Waals surface area contributed by atoms with Gasteiger partial charge in [-0.1, -0.05) is 6.92 Å². The smallest absolute Gasteiger partial charge is 0.263 e. The minimum absolute atomic E-state index is 0.0244. The van der Waals surface area contributed by atoms with Crippen LogP contribution in [0.4, 0.5) is 0 Å². The van der Waals surface area contributed by atoms with E-state index in [0.29, 0.717) is 5.92 Å².